The molecule has 0 unspecified atom stereocenters. The second-order valence-electron chi connectivity index (χ2n) is 5.57. The van der Waals surface area contributed by atoms with E-state index in [-0.39, 0.29) is 0 Å². The summed E-state index contributed by atoms with van der Waals surface area (Å²) in [4.78, 5) is 8.62. The van der Waals surface area contributed by atoms with Crippen LogP contribution in [-0.4, -0.2) is 25.8 Å². The van der Waals surface area contributed by atoms with Crippen LogP contribution in [0.3, 0.4) is 0 Å². The molecule has 106 valence electrons. The number of rotatable bonds is 5. The number of hydrogen-bond donors (Lipinski definition) is 1. The number of nitrogens with one attached hydrogen (secondary N) is 1. The Morgan fingerprint density at radius 3 is 2.81 bits per heavy atom. The van der Waals surface area contributed by atoms with E-state index in [1.165, 1.54) is 24.0 Å². The smallest absolute Gasteiger partial charge is 0.158 e. The molecular weight excluding hydrogens is 262 g/mol. The molecule has 0 saturated heterocycles. The number of nitrogens with zero attached hydrogens (tertiary/aromatic N) is 4. The maximum atomic E-state index is 4.58. The van der Waals surface area contributed by atoms with Crippen molar-refractivity contribution in [2.45, 2.75) is 32.0 Å². The van der Waals surface area contributed by atoms with E-state index in [9.17, 15) is 0 Å². The average molecular weight is 279 g/mol. The second kappa shape index (κ2) is 5.26. The van der Waals surface area contributed by atoms with Crippen LogP contribution in [0.25, 0.3) is 11.0 Å². The van der Waals surface area contributed by atoms with Crippen LogP contribution in [0.5, 0.6) is 0 Å². The lowest BCUT2D eigenvalue weighted by atomic mass is 10.2. The maximum absolute atomic E-state index is 4.58. The Bertz CT molecular complexity index is 746. The highest BCUT2D eigenvalue weighted by Crippen LogP contribution is 2.20. The van der Waals surface area contributed by atoms with Crippen molar-refractivity contribution >= 4 is 11.0 Å². The van der Waals surface area contributed by atoms with Gasteiger partial charge in [-0.2, -0.15) is 5.10 Å². The fourth-order valence-corrected chi connectivity index (χ4v) is 2.44. The van der Waals surface area contributed by atoms with Crippen molar-refractivity contribution in [3.63, 3.8) is 0 Å². The van der Waals surface area contributed by atoms with Crippen molar-refractivity contribution < 1.29 is 0 Å². The molecule has 3 heterocycles. The molecule has 0 amide bonds. The molecule has 5 heteroatoms. The molecule has 1 saturated carbocycles. The van der Waals surface area contributed by atoms with Gasteiger partial charge in [-0.1, -0.05) is 0 Å². The van der Waals surface area contributed by atoms with Crippen molar-refractivity contribution in [3.05, 3.63) is 54.1 Å². The van der Waals surface area contributed by atoms with Crippen LogP contribution in [0.4, 0.5) is 0 Å². The van der Waals surface area contributed by atoms with Gasteiger partial charge in [-0.05, 0) is 42.2 Å². The summed E-state index contributed by atoms with van der Waals surface area (Å²) < 4.78 is 1.93. The van der Waals surface area contributed by atoms with Gasteiger partial charge in [0.25, 0.3) is 0 Å². The quantitative estimate of drug-likeness (QED) is 0.777. The molecule has 1 fully saturated rings. The third-order valence-corrected chi connectivity index (χ3v) is 3.79. The molecule has 1 aliphatic carbocycles. The highest BCUT2D eigenvalue weighted by molar-refractivity contribution is 5.75. The molecule has 1 aliphatic rings. The van der Waals surface area contributed by atoms with Crippen LogP contribution in [0.2, 0.25) is 0 Å². The molecule has 0 bridgehead atoms. The molecule has 21 heavy (non-hydrogen) atoms. The van der Waals surface area contributed by atoms with Gasteiger partial charge in [-0.15, -0.1) is 0 Å². The first-order chi connectivity index (χ1) is 10.4. The lowest BCUT2D eigenvalue weighted by molar-refractivity contribution is 0.684. The Hall–Kier alpha value is -2.27. The van der Waals surface area contributed by atoms with Crippen molar-refractivity contribution in [1.82, 2.24) is 25.1 Å². The molecule has 4 rings (SSSR count). The van der Waals surface area contributed by atoms with Crippen molar-refractivity contribution in [1.29, 1.82) is 0 Å². The van der Waals surface area contributed by atoms with E-state index in [2.05, 4.69) is 26.4 Å². The van der Waals surface area contributed by atoms with E-state index in [0.29, 0.717) is 0 Å². The third kappa shape index (κ3) is 2.78. The summed E-state index contributed by atoms with van der Waals surface area (Å²) >= 11 is 0. The molecule has 3 aromatic rings. The van der Waals surface area contributed by atoms with Gasteiger partial charge in [-0.3, -0.25) is 4.98 Å². The van der Waals surface area contributed by atoms with Crippen LogP contribution < -0.4 is 5.32 Å². The van der Waals surface area contributed by atoms with E-state index < -0.39 is 0 Å². The Morgan fingerprint density at radius 1 is 1.14 bits per heavy atom. The zero-order chi connectivity index (χ0) is 14.1. The van der Waals surface area contributed by atoms with Crippen LogP contribution in [0.1, 0.15) is 24.0 Å². The Morgan fingerprint density at radius 2 is 2.00 bits per heavy atom. The van der Waals surface area contributed by atoms with Gasteiger partial charge in [0, 0.05) is 36.6 Å². The van der Waals surface area contributed by atoms with Crippen molar-refractivity contribution in [2.75, 3.05) is 0 Å². The summed E-state index contributed by atoms with van der Waals surface area (Å²) in [5.41, 5.74) is 3.33. The first kappa shape index (κ1) is 12.5. The molecule has 3 aromatic heterocycles. The predicted octanol–water partition coefficient (Wildman–Crippen LogP) is 2.13. The minimum Gasteiger partial charge on any atom is -0.310 e. The minimum absolute atomic E-state index is 0.718. The maximum Gasteiger partial charge on any atom is 0.158 e. The highest BCUT2D eigenvalue weighted by Gasteiger charge is 2.20. The van der Waals surface area contributed by atoms with E-state index >= 15 is 0 Å². The lowest BCUT2D eigenvalue weighted by Gasteiger charge is -2.05. The third-order valence-electron chi connectivity index (χ3n) is 3.79. The van der Waals surface area contributed by atoms with Gasteiger partial charge in [-0.25, -0.2) is 9.67 Å². The fraction of sp³-hybridized carbons (Fsp3) is 0.312. The van der Waals surface area contributed by atoms with Crippen LogP contribution in [0, 0.1) is 0 Å². The summed E-state index contributed by atoms with van der Waals surface area (Å²) in [6.45, 7) is 1.61. The first-order valence-electron chi connectivity index (χ1n) is 7.31. The van der Waals surface area contributed by atoms with Gasteiger partial charge in [0.05, 0.1) is 12.7 Å². The van der Waals surface area contributed by atoms with Crippen LogP contribution in [0.15, 0.2) is 43.0 Å². The summed E-state index contributed by atoms with van der Waals surface area (Å²) in [7, 11) is 0. The number of aromatic nitrogens is 4. The molecule has 0 spiro atoms. The topological polar surface area (TPSA) is 55.6 Å². The largest absolute Gasteiger partial charge is 0.310 e. The molecule has 0 radical (unpaired) electrons. The first-order valence-corrected chi connectivity index (χ1v) is 7.31. The normalized spacial score (nSPS) is 14.7. The average Bonchev–Trinajstić information content (AvgIpc) is 3.28. The van der Waals surface area contributed by atoms with Crippen molar-refractivity contribution in [2.24, 2.45) is 0 Å². The highest BCUT2D eigenvalue weighted by atomic mass is 15.3. The summed E-state index contributed by atoms with van der Waals surface area (Å²) in [5.74, 6) is 0. The molecule has 5 nitrogen and oxygen atoms in total. The minimum atomic E-state index is 0.718. The summed E-state index contributed by atoms with van der Waals surface area (Å²) in [5, 5.41) is 9.06. The Balaban J connectivity index is 1.56. The number of fused-ring (bicyclic) bond motifs is 1. The van der Waals surface area contributed by atoms with Crippen LogP contribution in [-0.2, 0) is 13.1 Å². The van der Waals surface area contributed by atoms with Crippen LogP contribution >= 0.6 is 0 Å². The summed E-state index contributed by atoms with van der Waals surface area (Å²) in [6, 6.07) is 6.89. The Labute approximate surface area is 123 Å². The lowest BCUT2D eigenvalue weighted by Crippen LogP contribution is -2.15. The second-order valence-corrected chi connectivity index (χ2v) is 5.57. The fourth-order valence-electron chi connectivity index (χ4n) is 2.44. The Kier molecular flexibility index (Phi) is 3.12. The monoisotopic (exact) mass is 279 g/mol. The zero-order valence-electron chi connectivity index (χ0n) is 11.7. The van der Waals surface area contributed by atoms with E-state index in [4.69, 9.17) is 0 Å². The van der Waals surface area contributed by atoms with Gasteiger partial charge in [0.2, 0.25) is 0 Å². The van der Waals surface area contributed by atoms with E-state index in [1.807, 2.05) is 29.2 Å². The molecule has 0 atom stereocenters. The molecule has 0 aromatic carbocycles. The number of hydrogen-bond acceptors (Lipinski definition) is 4. The standard InChI is InChI=1S/C16H17N5/c1-2-15(1)18-8-13-7-14-10-20-21(16(14)19-9-13)11-12-3-5-17-6-4-12/h3-7,9-10,15,18H,1-2,8,11H2. The van der Waals surface area contributed by atoms with E-state index in [1.54, 1.807) is 12.4 Å². The van der Waals surface area contributed by atoms with Crippen molar-refractivity contribution in [3.8, 4) is 0 Å². The summed E-state index contributed by atoms with van der Waals surface area (Å²) in [6.07, 6.45) is 10.1. The number of pyridine rings is 2. The molecule has 0 aliphatic heterocycles. The predicted molar refractivity (Wildman–Crippen MR) is 80.7 cm³/mol. The SMILES string of the molecule is c1cc(Cn2ncc3cc(CNC4CC4)cnc32)ccn1. The van der Waals surface area contributed by atoms with Gasteiger partial charge in [0.15, 0.2) is 5.65 Å². The zero-order valence-corrected chi connectivity index (χ0v) is 11.7. The van der Waals surface area contributed by atoms with Gasteiger partial charge < -0.3 is 5.32 Å². The molecule has 1 N–H and O–H groups in total. The van der Waals surface area contributed by atoms with E-state index in [0.717, 1.165) is 30.2 Å². The van der Waals surface area contributed by atoms with Gasteiger partial charge >= 0.3 is 0 Å². The van der Waals surface area contributed by atoms with Gasteiger partial charge in [0.1, 0.15) is 0 Å². The molecular formula is C16H17N5.